The van der Waals surface area contributed by atoms with Crippen molar-refractivity contribution in [2.24, 2.45) is 0 Å². The van der Waals surface area contributed by atoms with E-state index in [1.165, 1.54) is 17.4 Å². The SMILES string of the molecule is O=C(Cc1nn(Cc2nc3cc(C(F)(F)F)ccc3s2)c(=O)c2cscc12)OCC1O[C@H](O)[C@H](O)[C@@H](O)[C@@H]1O. The molecule has 0 radical (unpaired) electrons. The maximum absolute atomic E-state index is 13.1. The monoisotopic (exact) mass is 587 g/mol. The number of aliphatic hydroxyl groups is 4. The zero-order chi connectivity index (χ0) is 28.1. The van der Waals surface area contributed by atoms with Gasteiger partial charge in [0, 0.05) is 16.1 Å². The van der Waals surface area contributed by atoms with Crippen molar-refractivity contribution in [1.29, 1.82) is 0 Å². The quantitative estimate of drug-likeness (QED) is 0.240. The number of fused-ring (bicyclic) bond motifs is 2. The van der Waals surface area contributed by atoms with Gasteiger partial charge in [0.25, 0.3) is 5.56 Å². The molecular weight excluding hydrogens is 567 g/mol. The Morgan fingerprint density at radius 1 is 1.10 bits per heavy atom. The van der Waals surface area contributed by atoms with Crippen molar-refractivity contribution in [3.05, 3.63) is 55.6 Å². The number of ether oxygens (including phenoxy) is 2. The number of alkyl halides is 3. The van der Waals surface area contributed by atoms with Crippen LogP contribution in [0.25, 0.3) is 21.0 Å². The molecule has 4 aromatic rings. The minimum Gasteiger partial charge on any atom is -0.463 e. The third-order valence-electron chi connectivity index (χ3n) is 6.13. The first kappa shape index (κ1) is 27.6. The second-order valence-electron chi connectivity index (χ2n) is 8.79. The van der Waals surface area contributed by atoms with Crippen LogP contribution in [0.1, 0.15) is 16.3 Å². The summed E-state index contributed by atoms with van der Waals surface area (Å²) in [6.45, 7) is -0.688. The Balaban J connectivity index is 1.35. The van der Waals surface area contributed by atoms with Gasteiger partial charge in [-0.2, -0.15) is 29.6 Å². The molecular formula is C23H20F3N3O8S2. The van der Waals surface area contributed by atoms with Crippen molar-refractivity contribution >= 4 is 49.6 Å². The second kappa shape index (κ2) is 10.5. The number of thiophene rings is 1. The lowest BCUT2D eigenvalue weighted by Gasteiger charge is -2.37. The fraction of sp³-hybridized carbons (Fsp3) is 0.391. The number of benzene rings is 1. The molecule has 0 amide bonds. The van der Waals surface area contributed by atoms with Gasteiger partial charge in [-0.05, 0) is 18.2 Å². The molecule has 0 bridgehead atoms. The van der Waals surface area contributed by atoms with Crippen molar-refractivity contribution in [2.45, 2.75) is 49.8 Å². The first-order chi connectivity index (χ1) is 18.4. The van der Waals surface area contributed by atoms with Crippen LogP contribution in [0.5, 0.6) is 0 Å². The lowest BCUT2D eigenvalue weighted by Crippen LogP contribution is -2.58. The van der Waals surface area contributed by atoms with Gasteiger partial charge >= 0.3 is 12.1 Å². The number of aromatic nitrogens is 3. The molecule has 0 aliphatic carbocycles. The first-order valence-electron chi connectivity index (χ1n) is 11.4. The largest absolute Gasteiger partial charge is 0.463 e. The molecule has 1 aliphatic rings. The summed E-state index contributed by atoms with van der Waals surface area (Å²) in [6.07, 6.45) is -13.1. The Morgan fingerprint density at radius 3 is 2.59 bits per heavy atom. The van der Waals surface area contributed by atoms with Crippen LogP contribution in [-0.4, -0.2) is 78.5 Å². The molecule has 11 nitrogen and oxygen atoms in total. The van der Waals surface area contributed by atoms with E-state index in [1.54, 1.807) is 10.8 Å². The molecule has 5 atom stereocenters. The van der Waals surface area contributed by atoms with Crippen LogP contribution in [0.4, 0.5) is 13.2 Å². The summed E-state index contributed by atoms with van der Waals surface area (Å²) in [5.41, 5.74) is -0.988. The van der Waals surface area contributed by atoms with Gasteiger partial charge in [0.05, 0.1) is 39.8 Å². The standard InChI is InChI=1S/C23H20F3N3O8S2/c24-23(25,26)9-1-2-15-13(3-9)27-16(39-15)5-29-21(34)11-8-38-7-10(11)12(28-29)4-17(30)36-6-14-18(31)19(32)20(33)22(35)37-14/h1-3,7-8,14,18-20,22,31-33,35H,4-6H2/t14?,18-,19+,20-,22+/m1/s1. The van der Waals surface area contributed by atoms with Crippen molar-refractivity contribution in [2.75, 3.05) is 6.61 Å². The number of nitrogens with zero attached hydrogens (tertiary/aromatic N) is 3. The molecule has 4 N–H and O–H groups in total. The number of carbonyl (C=O) groups excluding carboxylic acids is 1. The maximum Gasteiger partial charge on any atom is 0.416 e. The molecule has 1 aliphatic heterocycles. The lowest BCUT2D eigenvalue weighted by atomic mass is 9.99. The fourth-order valence-electron chi connectivity index (χ4n) is 4.09. The normalized spacial score (nSPS) is 23.9. The van der Waals surface area contributed by atoms with Gasteiger partial charge < -0.3 is 29.9 Å². The number of rotatable bonds is 6. The smallest absolute Gasteiger partial charge is 0.416 e. The van der Waals surface area contributed by atoms with E-state index in [2.05, 4.69) is 10.1 Å². The van der Waals surface area contributed by atoms with E-state index in [-0.39, 0.29) is 23.1 Å². The highest BCUT2D eigenvalue weighted by molar-refractivity contribution is 7.18. The average Bonchev–Trinajstić information content (AvgIpc) is 3.53. The van der Waals surface area contributed by atoms with Gasteiger partial charge in [-0.15, -0.1) is 11.3 Å². The fourth-order valence-corrected chi connectivity index (χ4v) is 5.85. The Labute approximate surface area is 224 Å². The third-order valence-corrected chi connectivity index (χ3v) is 7.90. The summed E-state index contributed by atoms with van der Waals surface area (Å²) >= 11 is 2.32. The zero-order valence-electron chi connectivity index (χ0n) is 19.6. The van der Waals surface area contributed by atoms with E-state index in [0.29, 0.717) is 15.1 Å². The molecule has 1 saturated heterocycles. The lowest BCUT2D eigenvalue weighted by molar-refractivity contribution is -0.287. The summed E-state index contributed by atoms with van der Waals surface area (Å²) in [4.78, 5) is 29.8. The number of carbonyl (C=O) groups is 1. The summed E-state index contributed by atoms with van der Waals surface area (Å²) < 4.78 is 50.8. The van der Waals surface area contributed by atoms with E-state index in [4.69, 9.17) is 9.47 Å². The highest BCUT2D eigenvalue weighted by Gasteiger charge is 2.43. The molecule has 0 saturated carbocycles. The predicted molar refractivity (Wildman–Crippen MR) is 131 cm³/mol. The minimum atomic E-state index is -4.52. The second-order valence-corrected chi connectivity index (χ2v) is 10.7. The van der Waals surface area contributed by atoms with E-state index >= 15 is 0 Å². The van der Waals surface area contributed by atoms with Crippen molar-refractivity contribution in [1.82, 2.24) is 14.8 Å². The predicted octanol–water partition coefficient (Wildman–Crippen LogP) is 1.02. The molecule has 4 heterocycles. The highest BCUT2D eigenvalue weighted by Crippen LogP contribution is 2.33. The number of hydrogen-bond acceptors (Lipinski definition) is 12. The van der Waals surface area contributed by atoms with Crippen molar-refractivity contribution < 1.29 is 47.9 Å². The van der Waals surface area contributed by atoms with Crippen LogP contribution in [-0.2, 0) is 33.4 Å². The van der Waals surface area contributed by atoms with Gasteiger partial charge in [-0.3, -0.25) is 9.59 Å². The van der Waals surface area contributed by atoms with Crippen molar-refractivity contribution in [3.8, 4) is 0 Å². The van der Waals surface area contributed by atoms with Crippen molar-refractivity contribution in [3.63, 3.8) is 0 Å². The third kappa shape index (κ3) is 5.54. The number of thiazole rings is 1. The molecule has 1 aromatic carbocycles. The maximum atomic E-state index is 13.1. The Kier molecular flexibility index (Phi) is 7.45. The van der Waals surface area contributed by atoms with Gasteiger partial charge in [-0.25, -0.2) is 9.67 Å². The number of aliphatic hydroxyl groups excluding tert-OH is 4. The van der Waals surface area contributed by atoms with E-state index < -0.39 is 67.0 Å². The van der Waals surface area contributed by atoms with Gasteiger partial charge in [0.2, 0.25) is 0 Å². The van der Waals surface area contributed by atoms with Crippen LogP contribution in [0.15, 0.2) is 33.8 Å². The topological polar surface area (TPSA) is 164 Å². The van der Waals surface area contributed by atoms with Gasteiger partial charge in [-0.1, -0.05) is 0 Å². The van der Waals surface area contributed by atoms with Crippen LogP contribution < -0.4 is 5.56 Å². The van der Waals surface area contributed by atoms with Crippen LogP contribution in [0, 0.1) is 0 Å². The van der Waals surface area contributed by atoms with Gasteiger partial charge in [0.15, 0.2) is 6.29 Å². The molecule has 1 fully saturated rings. The minimum absolute atomic E-state index is 0.133. The Bertz CT molecular complexity index is 1590. The zero-order valence-corrected chi connectivity index (χ0v) is 21.2. The average molecular weight is 588 g/mol. The molecule has 16 heteroatoms. The molecule has 208 valence electrons. The van der Waals surface area contributed by atoms with Crippen LogP contribution >= 0.6 is 22.7 Å². The highest BCUT2D eigenvalue weighted by atomic mass is 32.1. The van der Waals surface area contributed by atoms with Gasteiger partial charge in [0.1, 0.15) is 36.0 Å². The first-order valence-corrected chi connectivity index (χ1v) is 13.1. The number of esters is 1. The molecule has 5 rings (SSSR count). The molecule has 39 heavy (non-hydrogen) atoms. The van der Waals surface area contributed by atoms with E-state index in [0.717, 1.165) is 28.2 Å². The van der Waals surface area contributed by atoms with Crippen LogP contribution in [0.3, 0.4) is 0 Å². The number of hydrogen-bond donors (Lipinski definition) is 4. The summed E-state index contributed by atoms with van der Waals surface area (Å²) in [6, 6.07) is 3.20. The van der Waals surface area contributed by atoms with Crippen LogP contribution in [0.2, 0.25) is 0 Å². The summed E-state index contributed by atoms with van der Waals surface area (Å²) in [5, 5.41) is 47.5. The Hall–Kier alpha value is -2.99. The summed E-state index contributed by atoms with van der Waals surface area (Å²) in [5.74, 6) is -0.814. The molecule has 0 spiro atoms. The summed E-state index contributed by atoms with van der Waals surface area (Å²) in [7, 11) is 0. The number of halogens is 3. The molecule has 1 unspecified atom stereocenters. The van der Waals surface area contributed by atoms with E-state index in [1.807, 2.05) is 0 Å². The van der Waals surface area contributed by atoms with E-state index in [9.17, 15) is 43.2 Å². The Morgan fingerprint density at radius 2 is 1.85 bits per heavy atom. The molecule has 3 aromatic heterocycles.